The molecule has 0 aromatic heterocycles. The number of hydrogen-bond acceptors (Lipinski definition) is 13. The molecule has 2 aliphatic heterocycles. The predicted octanol–water partition coefficient (Wildman–Crippen LogP) is 5.83. The molecule has 0 bridgehead atoms. The lowest BCUT2D eigenvalue weighted by Crippen LogP contribution is -2.60. The van der Waals surface area contributed by atoms with Gasteiger partial charge in [-0.05, 0) is 107 Å². The molecule has 4 N–H and O–H groups in total. The Labute approximate surface area is 558 Å². The predicted molar refractivity (Wildman–Crippen MR) is 360 cm³/mol. The van der Waals surface area contributed by atoms with Crippen LogP contribution in [-0.2, 0) is 70.4 Å². The molecule has 94 heavy (non-hydrogen) atoms. The molecular formula is C72H111N9O13. The van der Waals surface area contributed by atoms with E-state index in [1.54, 1.807) is 68.3 Å². The summed E-state index contributed by atoms with van der Waals surface area (Å²) in [4.78, 5) is 183. The quantitative estimate of drug-likeness (QED) is 0.184. The Morgan fingerprint density at radius 2 is 1.12 bits per heavy atom. The van der Waals surface area contributed by atoms with Crippen LogP contribution in [0, 0.1) is 41.4 Å². The third-order valence-electron chi connectivity index (χ3n) is 19.0. The first-order chi connectivity index (χ1) is 44.2. The van der Waals surface area contributed by atoms with E-state index in [9.17, 15) is 53.1 Å². The van der Waals surface area contributed by atoms with Crippen LogP contribution in [0.1, 0.15) is 164 Å². The number of aliphatic hydroxyl groups excluding tert-OH is 1. The van der Waals surface area contributed by atoms with Gasteiger partial charge in [-0.2, -0.15) is 0 Å². The summed E-state index contributed by atoms with van der Waals surface area (Å²) < 4.78 is 0. The summed E-state index contributed by atoms with van der Waals surface area (Å²) in [5.41, 5.74) is 1.38. The molecule has 0 unspecified atom stereocenters. The highest BCUT2D eigenvalue weighted by atomic mass is 16.3. The van der Waals surface area contributed by atoms with E-state index >= 15 is 9.59 Å². The lowest BCUT2D eigenvalue weighted by atomic mass is 9.83. The Balaban J connectivity index is 1.85. The van der Waals surface area contributed by atoms with E-state index in [-0.39, 0.29) is 82.1 Å². The molecule has 22 nitrogen and oxygen atoms in total. The maximum atomic E-state index is 15.4. The third kappa shape index (κ3) is 22.9. The van der Waals surface area contributed by atoms with Crippen LogP contribution in [0.2, 0.25) is 0 Å². The first-order valence-electron chi connectivity index (χ1n) is 34.0. The van der Waals surface area contributed by atoms with Gasteiger partial charge in [0.1, 0.15) is 30.2 Å². The van der Waals surface area contributed by atoms with Crippen LogP contribution in [0.3, 0.4) is 0 Å². The second-order valence-electron chi connectivity index (χ2n) is 27.8. The highest BCUT2D eigenvalue weighted by Gasteiger charge is 2.42. The van der Waals surface area contributed by atoms with Gasteiger partial charge in [0.15, 0.2) is 17.3 Å². The number of carbonyl (C=O) groups excluding carboxylic acids is 12. The summed E-state index contributed by atoms with van der Waals surface area (Å²) in [5.74, 6) is -11.1. The maximum absolute atomic E-state index is 15.4. The first kappa shape index (κ1) is 79.1. The zero-order chi connectivity index (χ0) is 70.4. The Hall–Kier alpha value is -7.36. The fraction of sp³-hybridized carbons (Fsp3) is 0.667. The number of nitrogens with zero attached hydrogens (tertiary/aromatic N) is 6. The van der Waals surface area contributed by atoms with E-state index < -0.39 is 149 Å². The standard InChI is InChI=1S/C72H111N9O13/c1-17-47(8)55-43-60(84)57(39-52-30-23-19-24-31-52)79(15)69(91)53(38-51-28-21-18-22-29-51)41-61(85)64(50(11)82)75-68(90)65(46(6)7)80(16)72(94)56(36-44(2)3)74-67(89)58(37-45(4)5)78(14)62(86)32-27-33-76(12)63(87)42-54(70(92)81-34-25-20-26-35-81)40-59(83)48(9)73-66(88)49(10)77(13)71(55)93/h18-19,21-24,28-31,44-50,53-58,64-65,82H,17,20,25-27,32-43H2,1-16H3,(H,73,88)(H,74,89)(H,75,90)/t47-,48-,49-,50+,53+,54-,55-,56-,57-,58-,64-,65-/m0/s1. The topological polar surface area (TPSA) is 281 Å². The number of likely N-dealkylation sites (tertiary alicyclic amines) is 1. The summed E-state index contributed by atoms with van der Waals surface area (Å²) in [5, 5.41) is 19.7. The smallest absolute Gasteiger partial charge is 0.245 e. The van der Waals surface area contributed by atoms with Crippen molar-refractivity contribution in [3.8, 4) is 0 Å². The molecule has 2 fully saturated rings. The van der Waals surface area contributed by atoms with E-state index in [0.717, 1.165) is 19.3 Å². The molecule has 2 aliphatic rings. The summed E-state index contributed by atoms with van der Waals surface area (Å²) in [6.07, 6.45) is 0.352. The van der Waals surface area contributed by atoms with Crippen molar-refractivity contribution < 1.29 is 62.6 Å². The van der Waals surface area contributed by atoms with Gasteiger partial charge >= 0.3 is 0 Å². The van der Waals surface area contributed by atoms with Gasteiger partial charge in [0.2, 0.25) is 53.2 Å². The molecule has 12 atom stereocenters. The number of Topliss-reactive ketones (excluding diaryl/α,β-unsaturated/α-hetero) is 3. The normalized spacial score (nSPS) is 26.4. The van der Waals surface area contributed by atoms with Crippen molar-refractivity contribution in [3.63, 3.8) is 0 Å². The van der Waals surface area contributed by atoms with E-state index in [4.69, 9.17) is 0 Å². The Morgan fingerprint density at radius 1 is 0.543 bits per heavy atom. The molecule has 0 spiro atoms. The molecule has 0 aliphatic carbocycles. The number of amides is 9. The van der Waals surface area contributed by atoms with Crippen LogP contribution in [0.15, 0.2) is 60.7 Å². The highest BCUT2D eigenvalue weighted by Crippen LogP contribution is 2.28. The van der Waals surface area contributed by atoms with Gasteiger partial charge < -0.3 is 50.5 Å². The Bertz CT molecular complexity index is 2900. The molecule has 2 heterocycles. The van der Waals surface area contributed by atoms with Gasteiger partial charge in [-0.1, -0.05) is 122 Å². The van der Waals surface area contributed by atoms with Crippen LogP contribution in [0.25, 0.3) is 0 Å². The van der Waals surface area contributed by atoms with E-state index in [1.807, 2.05) is 59.7 Å². The first-order valence-corrected chi connectivity index (χ1v) is 34.0. The molecule has 22 heteroatoms. The summed E-state index contributed by atoms with van der Waals surface area (Å²) in [6.45, 7) is 20.0. The molecule has 2 aromatic rings. The fourth-order valence-electron chi connectivity index (χ4n) is 12.7. The number of carbonyl (C=O) groups is 12. The zero-order valence-corrected chi connectivity index (χ0v) is 59.0. The molecular weight excluding hydrogens is 1200 g/mol. The van der Waals surface area contributed by atoms with Crippen molar-refractivity contribution in [2.75, 3.05) is 54.9 Å². The molecule has 522 valence electrons. The number of aliphatic hydroxyl groups is 1. The molecule has 0 saturated carbocycles. The van der Waals surface area contributed by atoms with Gasteiger partial charge in [0.25, 0.3) is 0 Å². The largest absolute Gasteiger partial charge is 0.391 e. The Morgan fingerprint density at radius 3 is 1.66 bits per heavy atom. The third-order valence-corrected chi connectivity index (χ3v) is 19.0. The monoisotopic (exact) mass is 1310 g/mol. The van der Waals surface area contributed by atoms with Crippen molar-refractivity contribution in [3.05, 3.63) is 71.8 Å². The maximum Gasteiger partial charge on any atom is 0.245 e. The number of benzene rings is 2. The van der Waals surface area contributed by atoms with Crippen LogP contribution in [-0.4, -0.2) is 208 Å². The highest BCUT2D eigenvalue weighted by molar-refractivity contribution is 5.99. The number of nitrogens with one attached hydrogen (secondary N) is 3. The molecule has 2 aromatic carbocycles. The SMILES string of the molecule is CC[C@H](C)[C@@H]1CC(=O)[C@H](Cc2ccccc2)N(C)C(=O)[C@H](Cc2ccccc2)CC(=O)[C@H]([C@@H](C)O)NC(=O)[C@H](C(C)C)N(C)C(=O)[C@H](CC(C)C)NC(=O)[C@H](CC(C)C)N(C)C(=O)CCCN(C)C(=O)C[C@@H](C(=O)N2CCCCC2)CC(=O)[C@H](C)NC(=O)[C@H](C)N(C)C1=O. The summed E-state index contributed by atoms with van der Waals surface area (Å²) in [6, 6.07) is 9.43. The van der Waals surface area contributed by atoms with Crippen LogP contribution < -0.4 is 16.0 Å². The van der Waals surface area contributed by atoms with Crippen molar-refractivity contribution >= 4 is 70.5 Å². The second-order valence-corrected chi connectivity index (χ2v) is 27.8. The number of ketones is 3. The van der Waals surface area contributed by atoms with Gasteiger partial charge in [-0.3, -0.25) is 57.5 Å². The van der Waals surface area contributed by atoms with Gasteiger partial charge in [0, 0.05) is 98.8 Å². The van der Waals surface area contributed by atoms with Gasteiger partial charge in [-0.25, -0.2) is 0 Å². The van der Waals surface area contributed by atoms with Crippen LogP contribution in [0.5, 0.6) is 0 Å². The molecule has 2 saturated heterocycles. The molecule has 0 radical (unpaired) electrons. The van der Waals surface area contributed by atoms with Crippen molar-refractivity contribution in [2.24, 2.45) is 41.4 Å². The summed E-state index contributed by atoms with van der Waals surface area (Å²) >= 11 is 0. The molecule has 4 rings (SSSR count). The van der Waals surface area contributed by atoms with Crippen LogP contribution in [0.4, 0.5) is 0 Å². The van der Waals surface area contributed by atoms with Gasteiger partial charge in [-0.15, -0.1) is 0 Å². The van der Waals surface area contributed by atoms with Crippen molar-refractivity contribution in [2.45, 2.75) is 214 Å². The van der Waals surface area contributed by atoms with Gasteiger partial charge in [0.05, 0.1) is 24.1 Å². The lowest BCUT2D eigenvalue weighted by molar-refractivity contribution is -0.147. The van der Waals surface area contributed by atoms with E-state index in [1.165, 1.54) is 73.5 Å². The number of rotatable bonds is 13. The number of hydrogen-bond donors (Lipinski definition) is 4. The minimum absolute atomic E-state index is 0.0107. The van der Waals surface area contributed by atoms with Crippen molar-refractivity contribution in [1.29, 1.82) is 0 Å². The minimum atomic E-state index is -1.58. The minimum Gasteiger partial charge on any atom is -0.391 e. The lowest BCUT2D eigenvalue weighted by Gasteiger charge is -2.36. The number of piperidine rings is 1. The average Bonchev–Trinajstić information content (AvgIpc) is 0.838. The molecule has 9 amide bonds. The van der Waals surface area contributed by atoms with E-state index in [0.29, 0.717) is 30.6 Å². The van der Waals surface area contributed by atoms with Crippen molar-refractivity contribution in [1.82, 2.24) is 45.3 Å². The summed E-state index contributed by atoms with van der Waals surface area (Å²) in [7, 11) is 7.39. The number of likely N-dealkylation sites (N-methyl/N-ethyl adjacent to an activating group) is 4. The average molecular weight is 1310 g/mol. The Kier molecular flexibility index (Phi) is 31.7. The zero-order valence-electron chi connectivity index (χ0n) is 59.0. The second kappa shape index (κ2) is 37.7. The fourth-order valence-corrected chi connectivity index (χ4v) is 12.7. The van der Waals surface area contributed by atoms with E-state index in [2.05, 4.69) is 16.0 Å². The van der Waals surface area contributed by atoms with Crippen LogP contribution >= 0.6 is 0 Å².